The van der Waals surface area contributed by atoms with Gasteiger partial charge in [0.25, 0.3) is 0 Å². The molecular weight excluding hydrogens is 456 g/mol. The zero-order chi connectivity index (χ0) is 25.7. The summed E-state index contributed by atoms with van der Waals surface area (Å²) in [6.45, 7) is 9.23. The Morgan fingerprint density at radius 2 is 2.00 bits per heavy atom. The highest BCUT2D eigenvalue weighted by Gasteiger charge is 2.83. The number of carbonyl (C=O) groups is 2. The zero-order valence-corrected chi connectivity index (χ0v) is 21.3. The predicted molar refractivity (Wildman–Crippen MR) is 121 cm³/mol. The molecule has 3 aliphatic carbocycles. The predicted octanol–water partition coefficient (Wildman–Crippen LogP) is 1.18. The van der Waals surface area contributed by atoms with Crippen molar-refractivity contribution in [3.63, 3.8) is 0 Å². The van der Waals surface area contributed by atoms with Crippen molar-refractivity contribution in [2.24, 2.45) is 40.4 Å². The number of hydrogen-bond acceptors (Lipinski definition) is 9. The lowest BCUT2D eigenvalue weighted by atomic mass is 9.38. The Morgan fingerprint density at radius 3 is 2.63 bits per heavy atom. The lowest BCUT2D eigenvalue weighted by Gasteiger charge is -2.68. The molecule has 2 heterocycles. The van der Waals surface area contributed by atoms with E-state index in [-0.39, 0.29) is 12.5 Å². The number of fused-ring (bicyclic) bond motifs is 1. The first-order valence-corrected chi connectivity index (χ1v) is 12.7. The maximum absolute atomic E-state index is 13.3. The van der Waals surface area contributed by atoms with Crippen LogP contribution in [0.25, 0.3) is 0 Å². The normalized spacial score (nSPS) is 53.1. The number of allylic oxidation sites excluding steroid dienone is 1. The molecule has 0 radical (unpaired) electrons. The van der Waals surface area contributed by atoms with E-state index in [1.54, 1.807) is 13.8 Å². The molecule has 2 bridgehead atoms. The summed E-state index contributed by atoms with van der Waals surface area (Å²) in [6.07, 6.45) is -1.97. The molecule has 13 atom stereocenters. The van der Waals surface area contributed by atoms with E-state index in [0.717, 1.165) is 5.57 Å². The number of esters is 2. The molecule has 0 amide bonds. The van der Waals surface area contributed by atoms with E-state index in [2.05, 4.69) is 0 Å². The SMILES string of the molecule is CCC(C)C(=O)O[C@H]1C(=O)O[C@@H]2C[C@H]3C(C)=C[C@H](OC)[C@@H](O)[C@]3(C)[C@H]3[C@@]4(O)OC[C@]32[C@@H]1[C@@H](C)[C@H]4O. The Bertz CT molecular complexity index is 949. The van der Waals surface area contributed by atoms with Gasteiger partial charge in [-0.05, 0) is 31.6 Å². The average Bonchev–Trinajstić information content (AvgIpc) is 3.12. The Morgan fingerprint density at radius 1 is 1.31 bits per heavy atom. The number of methoxy groups -OCH3 is 1. The quantitative estimate of drug-likeness (QED) is 0.389. The molecule has 5 aliphatic rings. The first-order valence-electron chi connectivity index (χ1n) is 12.7. The fourth-order valence-corrected chi connectivity index (χ4v) is 8.48. The van der Waals surface area contributed by atoms with E-state index in [1.165, 1.54) is 7.11 Å². The number of rotatable bonds is 4. The van der Waals surface area contributed by atoms with Crippen LogP contribution in [0.15, 0.2) is 11.6 Å². The van der Waals surface area contributed by atoms with Gasteiger partial charge in [0.1, 0.15) is 18.3 Å². The molecule has 1 spiro atoms. The minimum absolute atomic E-state index is 0.0189. The third kappa shape index (κ3) is 2.93. The van der Waals surface area contributed by atoms with Crippen molar-refractivity contribution in [3.8, 4) is 0 Å². The van der Waals surface area contributed by atoms with Gasteiger partial charge in [-0.2, -0.15) is 0 Å². The fourth-order valence-electron chi connectivity index (χ4n) is 8.48. The van der Waals surface area contributed by atoms with Gasteiger partial charge >= 0.3 is 11.9 Å². The van der Waals surface area contributed by atoms with Crippen LogP contribution in [0.2, 0.25) is 0 Å². The zero-order valence-electron chi connectivity index (χ0n) is 21.3. The molecule has 0 aromatic rings. The number of aliphatic hydroxyl groups is 3. The molecule has 0 aromatic carbocycles. The molecule has 2 aliphatic heterocycles. The Kier molecular flexibility index (Phi) is 5.74. The van der Waals surface area contributed by atoms with Crippen molar-refractivity contribution in [1.29, 1.82) is 0 Å². The van der Waals surface area contributed by atoms with Crippen molar-refractivity contribution >= 4 is 11.9 Å². The second kappa shape index (κ2) is 7.99. The summed E-state index contributed by atoms with van der Waals surface area (Å²) in [5.74, 6) is -5.82. The lowest BCUT2D eigenvalue weighted by molar-refractivity contribution is -0.345. The van der Waals surface area contributed by atoms with Gasteiger partial charge < -0.3 is 34.3 Å². The summed E-state index contributed by atoms with van der Waals surface area (Å²) in [5, 5.41) is 35.0. The Hall–Kier alpha value is -1.52. The summed E-state index contributed by atoms with van der Waals surface area (Å²) < 4.78 is 23.4. The van der Waals surface area contributed by atoms with Gasteiger partial charge in [-0.3, -0.25) is 4.79 Å². The molecule has 9 heteroatoms. The van der Waals surface area contributed by atoms with E-state index < -0.39 is 82.7 Å². The molecule has 1 unspecified atom stereocenters. The molecule has 4 fully saturated rings. The topological polar surface area (TPSA) is 132 Å². The molecule has 3 N–H and O–H groups in total. The number of ether oxygens (including phenoxy) is 4. The van der Waals surface area contributed by atoms with Gasteiger partial charge in [0.05, 0.1) is 18.6 Å². The van der Waals surface area contributed by atoms with Crippen LogP contribution in [0.4, 0.5) is 0 Å². The van der Waals surface area contributed by atoms with Gasteiger partial charge in [-0.15, -0.1) is 0 Å². The molecule has 2 saturated carbocycles. The van der Waals surface area contributed by atoms with Crippen molar-refractivity contribution in [3.05, 3.63) is 11.6 Å². The standard InChI is InChI=1S/C26H38O9/c1-7-11(2)21(29)35-18-17-13(4)19(27)26(31)23-24(5)14(12(3)8-15(32-6)20(24)28)9-16(34-22(18)30)25(17,23)10-33-26/h8,11,13-20,23,27-28,31H,7,9-10H2,1-6H3/t11?,13-,14+,15+,16-,17-,18-,19-,20-,23-,24-,25+,26+/m1/s1. The second-order valence-corrected chi connectivity index (χ2v) is 11.7. The van der Waals surface area contributed by atoms with Crippen LogP contribution in [-0.2, 0) is 28.5 Å². The Labute approximate surface area is 205 Å². The molecular formula is C26H38O9. The summed E-state index contributed by atoms with van der Waals surface area (Å²) in [6, 6.07) is 0. The van der Waals surface area contributed by atoms with Crippen LogP contribution < -0.4 is 0 Å². The largest absolute Gasteiger partial charge is 0.459 e. The lowest BCUT2D eigenvalue weighted by Crippen LogP contribution is -2.78. The van der Waals surface area contributed by atoms with Crippen molar-refractivity contribution < 1.29 is 43.9 Å². The highest BCUT2D eigenvalue weighted by atomic mass is 16.7. The third-order valence-electron chi connectivity index (χ3n) is 10.3. The molecule has 5 rings (SSSR count). The third-order valence-corrected chi connectivity index (χ3v) is 10.3. The van der Waals surface area contributed by atoms with Crippen LogP contribution in [0.5, 0.6) is 0 Å². The molecule has 35 heavy (non-hydrogen) atoms. The van der Waals surface area contributed by atoms with E-state index in [4.69, 9.17) is 18.9 Å². The first-order chi connectivity index (χ1) is 16.4. The van der Waals surface area contributed by atoms with Gasteiger partial charge in [0.15, 0.2) is 5.79 Å². The maximum Gasteiger partial charge on any atom is 0.348 e. The van der Waals surface area contributed by atoms with Gasteiger partial charge in [-0.1, -0.05) is 39.3 Å². The number of carbonyl (C=O) groups excluding carboxylic acids is 2. The van der Waals surface area contributed by atoms with Crippen molar-refractivity contribution in [2.45, 2.75) is 83.8 Å². The van der Waals surface area contributed by atoms with Crippen LogP contribution in [0.3, 0.4) is 0 Å². The summed E-state index contributed by atoms with van der Waals surface area (Å²) >= 11 is 0. The average molecular weight is 495 g/mol. The Balaban J connectivity index is 1.68. The summed E-state index contributed by atoms with van der Waals surface area (Å²) in [5.41, 5.74) is -0.951. The van der Waals surface area contributed by atoms with Crippen LogP contribution in [0.1, 0.15) is 47.5 Å². The van der Waals surface area contributed by atoms with E-state index >= 15 is 0 Å². The number of aliphatic hydroxyl groups excluding tert-OH is 2. The monoisotopic (exact) mass is 494 g/mol. The molecule has 0 aromatic heterocycles. The van der Waals surface area contributed by atoms with Crippen LogP contribution in [-0.4, -0.2) is 77.3 Å². The second-order valence-electron chi connectivity index (χ2n) is 11.7. The van der Waals surface area contributed by atoms with Gasteiger partial charge in [0, 0.05) is 29.8 Å². The van der Waals surface area contributed by atoms with E-state index in [0.29, 0.717) is 12.8 Å². The van der Waals surface area contributed by atoms with Crippen LogP contribution >= 0.6 is 0 Å². The van der Waals surface area contributed by atoms with Crippen molar-refractivity contribution in [1.82, 2.24) is 0 Å². The molecule has 9 nitrogen and oxygen atoms in total. The van der Waals surface area contributed by atoms with Crippen LogP contribution in [0, 0.1) is 40.4 Å². The minimum Gasteiger partial charge on any atom is -0.459 e. The molecule has 196 valence electrons. The number of hydrogen-bond donors (Lipinski definition) is 3. The smallest absolute Gasteiger partial charge is 0.348 e. The minimum atomic E-state index is -1.96. The van der Waals surface area contributed by atoms with E-state index in [1.807, 2.05) is 26.8 Å². The van der Waals surface area contributed by atoms with Crippen molar-refractivity contribution in [2.75, 3.05) is 13.7 Å². The fraction of sp³-hybridized carbons (Fsp3) is 0.846. The highest BCUT2D eigenvalue weighted by Crippen LogP contribution is 2.74. The summed E-state index contributed by atoms with van der Waals surface area (Å²) in [4.78, 5) is 26.1. The highest BCUT2D eigenvalue weighted by molar-refractivity contribution is 5.82. The first kappa shape index (κ1) is 25.1. The molecule has 2 saturated heterocycles. The maximum atomic E-state index is 13.3. The van der Waals surface area contributed by atoms with E-state index in [9.17, 15) is 24.9 Å². The van der Waals surface area contributed by atoms with Gasteiger partial charge in [0.2, 0.25) is 6.10 Å². The summed E-state index contributed by atoms with van der Waals surface area (Å²) in [7, 11) is 1.53. The van der Waals surface area contributed by atoms with Gasteiger partial charge in [-0.25, -0.2) is 4.79 Å².